The summed E-state index contributed by atoms with van der Waals surface area (Å²) in [6.45, 7) is 6.49. The third kappa shape index (κ3) is 4.57. The number of benzene rings is 1. The molecule has 0 spiro atoms. The molecule has 0 bridgehead atoms. The van der Waals surface area contributed by atoms with Crippen LogP contribution in [0.5, 0.6) is 0 Å². The van der Waals surface area contributed by atoms with E-state index in [0.29, 0.717) is 38.3 Å². The lowest BCUT2D eigenvalue weighted by Gasteiger charge is -2.36. The van der Waals surface area contributed by atoms with E-state index >= 15 is 0 Å². The van der Waals surface area contributed by atoms with Gasteiger partial charge in [0, 0.05) is 32.7 Å². The van der Waals surface area contributed by atoms with Crippen molar-refractivity contribution in [2.45, 2.75) is 32.6 Å². The lowest BCUT2D eigenvalue weighted by atomic mass is 10.1. The van der Waals surface area contributed by atoms with Crippen LogP contribution in [-0.4, -0.2) is 51.7 Å². The maximum atomic E-state index is 12.9. The molecule has 1 aromatic carbocycles. The Morgan fingerprint density at radius 3 is 2.50 bits per heavy atom. The number of carbonyl (C=O) groups is 1. The first-order valence-electron chi connectivity index (χ1n) is 9.03. The second-order valence-electron chi connectivity index (χ2n) is 7.00. The minimum absolute atomic E-state index is 0.00239. The van der Waals surface area contributed by atoms with Gasteiger partial charge in [-0.1, -0.05) is 18.2 Å². The van der Waals surface area contributed by atoms with Gasteiger partial charge in [0.05, 0.1) is 21.9 Å². The summed E-state index contributed by atoms with van der Waals surface area (Å²) in [6.07, 6.45) is -2.66. The third-order valence-electron chi connectivity index (χ3n) is 5.05. The van der Waals surface area contributed by atoms with Crippen molar-refractivity contribution < 1.29 is 18.0 Å². The van der Waals surface area contributed by atoms with Crippen molar-refractivity contribution in [2.75, 3.05) is 26.2 Å². The Hall–Kier alpha value is -1.87. The fourth-order valence-electron chi connectivity index (χ4n) is 3.39. The molecule has 2 heterocycles. The van der Waals surface area contributed by atoms with Gasteiger partial charge < -0.3 is 4.90 Å². The van der Waals surface area contributed by atoms with Crippen molar-refractivity contribution in [3.8, 4) is 0 Å². The van der Waals surface area contributed by atoms with E-state index in [1.54, 1.807) is 21.8 Å². The third-order valence-corrected chi connectivity index (χ3v) is 5.83. The zero-order chi connectivity index (χ0) is 20.5. The van der Waals surface area contributed by atoms with Crippen LogP contribution in [0.2, 0.25) is 0 Å². The molecule has 152 valence electrons. The summed E-state index contributed by atoms with van der Waals surface area (Å²) in [6, 6.07) is 5.01. The number of nitrogens with zero attached hydrogens (tertiary/aromatic N) is 4. The van der Waals surface area contributed by atoms with Crippen molar-refractivity contribution in [1.29, 1.82) is 0 Å². The second-order valence-corrected chi connectivity index (χ2v) is 7.85. The van der Waals surface area contributed by atoms with E-state index in [4.69, 9.17) is 0 Å². The first-order valence-corrected chi connectivity index (χ1v) is 9.83. The molecule has 1 amide bonds. The van der Waals surface area contributed by atoms with E-state index in [-0.39, 0.29) is 5.91 Å². The lowest BCUT2D eigenvalue weighted by Crippen LogP contribution is -2.50. The van der Waals surface area contributed by atoms with Crippen LogP contribution >= 0.6 is 15.9 Å². The summed E-state index contributed by atoms with van der Waals surface area (Å²) >= 11 is 3.40. The van der Waals surface area contributed by atoms with Gasteiger partial charge in [-0.25, -0.2) is 0 Å². The Bertz CT molecular complexity index is 844. The maximum Gasteiger partial charge on any atom is 0.416 e. The number of carbonyl (C=O) groups excluding carboxylic acids is 1. The number of rotatable bonds is 4. The number of halogens is 4. The molecule has 0 N–H and O–H groups in total. The fourth-order valence-corrected chi connectivity index (χ4v) is 3.67. The van der Waals surface area contributed by atoms with Crippen molar-refractivity contribution in [1.82, 2.24) is 19.6 Å². The van der Waals surface area contributed by atoms with Crippen LogP contribution in [0.25, 0.3) is 0 Å². The smallest absolute Gasteiger partial charge is 0.338 e. The van der Waals surface area contributed by atoms with E-state index in [2.05, 4.69) is 25.9 Å². The van der Waals surface area contributed by atoms with E-state index in [0.717, 1.165) is 16.2 Å². The van der Waals surface area contributed by atoms with Gasteiger partial charge in [-0.2, -0.15) is 18.3 Å². The molecule has 1 atom stereocenters. The predicted molar refractivity (Wildman–Crippen MR) is 103 cm³/mol. The molecule has 5 nitrogen and oxygen atoms in total. The molecule has 0 aliphatic carbocycles. The lowest BCUT2D eigenvalue weighted by molar-refractivity contribution is -0.138. The van der Waals surface area contributed by atoms with Crippen LogP contribution in [0, 0.1) is 6.92 Å². The van der Waals surface area contributed by atoms with Gasteiger partial charge in [0.1, 0.15) is 6.04 Å². The van der Waals surface area contributed by atoms with Crippen molar-refractivity contribution in [3.05, 3.63) is 51.8 Å². The Morgan fingerprint density at radius 1 is 1.25 bits per heavy atom. The molecule has 28 heavy (non-hydrogen) atoms. The normalized spacial score (nSPS) is 17.0. The average molecular weight is 459 g/mol. The van der Waals surface area contributed by atoms with Crippen molar-refractivity contribution >= 4 is 21.8 Å². The zero-order valence-corrected chi connectivity index (χ0v) is 17.3. The first-order chi connectivity index (χ1) is 13.2. The van der Waals surface area contributed by atoms with Crippen molar-refractivity contribution in [3.63, 3.8) is 0 Å². The van der Waals surface area contributed by atoms with Gasteiger partial charge >= 0.3 is 6.18 Å². The molecule has 1 aromatic heterocycles. The van der Waals surface area contributed by atoms with E-state index in [1.165, 1.54) is 12.1 Å². The number of aromatic nitrogens is 2. The summed E-state index contributed by atoms with van der Waals surface area (Å²) in [5.41, 5.74) is 0.886. The summed E-state index contributed by atoms with van der Waals surface area (Å²) in [5, 5.41) is 4.25. The number of amides is 1. The first kappa shape index (κ1) is 20.9. The molecule has 9 heteroatoms. The molecular weight excluding hydrogens is 437 g/mol. The van der Waals surface area contributed by atoms with E-state index in [9.17, 15) is 18.0 Å². The molecule has 1 aliphatic heterocycles. The quantitative estimate of drug-likeness (QED) is 0.697. The van der Waals surface area contributed by atoms with Crippen LogP contribution < -0.4 is 0 Å². The summed E-state index contributed by atoms with van der Waals surface area (Å²) in [7, 11) is 0. The van der Waals surface area contributed by atoms with Crippen LogP contribution in [0.3, 0.4) is 0 Å². The summed E-state index contributed by atoms with van der Waals surface area (Å²) in [4.78, 5) is 16.6. The summed E-state index contributed by atoms with van der Waals surface area (Å²) in [5.74, 6) is -0.00239. The molecule has 0 saturated carbocycles. The Morgan fingerprint density at radius 2 is 1.93 bits per heavy atom. The highest BCUT2D eigenvalue weighted by Gasteiger charge is 2.31. The second kappa shape index (κ2) is 8.24. The minimum Gasteiger partial charge on any atom is -0.338 e. The topological polar surface area (TPSA) is 41.4 Å². The standard InChI is InChI=1S/C19H22BrF3N4O/c1-13-17(20)11-24-27(13)14(2)18(28)26-8-6-25(7-9-26)12-15-4-3-5-16(10-15)19(21,22)23/h3-5,10-11,14H,6-9,12H2,1-2H3. The SMILES string of the molecule is Cc1c(Br)cnn1C(C)C(=O)N1CCN(Cc2cccc(C(F)(F)F)c2)CC1. The minimum atomic E-state index is -4.34. The Labute approximate surface area is 170 Å². The van der Waals surface area contributed by atoms with E-state index < -0.39 is 17.8 Å². The molecule has 2 aromatic rings. The molecule has 0 radical (unpaired) electrons. The van der Waals surface area contributed by atoms with Gasteiger partial charge in [-0.3, -0.25) is 14.4 Å². The van der Waals surface area contributed by atoms with Crippen LogP contribution in [0.15, 0.2) is 34.9 Å². The fraction of sp³-hybridized carbons (Fsp3) is 0.474. The molecular formula is C19H22BrF3N4O. The molecule has 3 rings (SSSR count). The van der Waals surface area contributed by atoms with Crippen LogP contribution in [0.1, 0.15) is 29.8 Å². The highest BCUT2D eigenvalue weighted by Crippen LogP contribution is 2.30. The van der Waals surface area contributed by atoms with Gasteiger partial charge in [-0.15, -0.1) is 0 Å². The average Bonchev–Trinajstić information content (AvgIpc) is 2.99. The van der Waals surface area contributed by atoms with Gasteiger partial charge in [0.2, 0.25) is 5.91 Å². The molecule has 1 aliphatic rings. The monoisotopic (exact) mass is 458 g/mol. The predicted octanol–water partition coefficient (Wildman–Crippen LogP) is 3.88. The molecule has 1 fully saturated rings. The Kier molecular flexibility index (Phi) is 6.14. The highest BCUT2D eigenvalue weighted by atomic mass is 79.9. The van der Waals surface area contributed by atoms with Crippen LogP contribution in [-0.2, 0) is 17.5 Å². The van der Waals surface area contributed by atoms with Crippen molar-refractivity contribution in [2.24, 2.45) is 0 Å². The zero-order valence-electron chi connectivity index (χ0n) is 15.7. The number of hydrogen-bond donors (Lipinski definition) is 0. The summed E-state index contributed by atoms with van der Waals surface area (Å²) < 4.78 is 41.1. The number of piperazine rings is 1. The van der Waals surface area contributed by atoms with Gasteiger partial charge in [-0.05, 0) is 41.4 Å². The van der Waals surface area contributed by atoms with Crippen LogP contribution in [0.4, 0.5) is 13.2 Å². The largest absolute Gasteiger partial charge is 0.416 e. The maximum absolute atomic E-state index is 12.9. The van der Waals surface area contributed by atoms with Gasteiger partial charge in [0.25, 0.3) is 0 Å². The Balaban J connectivity index is 1.57. The molecule has 1 unspecified atom stereocenters. The number of hydrogen-bond acceptors (Lipinski definition) is 3. The highest BCUT2D eigenvalue weighted by molar-refractivity contribution is 9.10. The molecule has 1 saturated heterocycles. The number of alkyl halides is 3. The van der Waals surface area contributed by atoms with E-state index in [1.807, 2.05) is 13.8 Å². The van der Waals surface area contributed by atoms with Gasteiger partial charge in [0.15, 0.2) is 0 Å².